The molecule has 4 heterocycles. The lowest BCUT2D eigenvalue weighted by atomic mass is 10.1. The monoisotopic (exact) mass is 566 g/mol. The van der Waals surface area contributed by atoms with Gasteiger partial charge in [0.05, 0.1) is 41.1 Å². The summed E-state index contributed by atoms with van der Waals surface area (Å²) in [6.45, 7) is 5.54. The van der Waals surface area contributed by atoms with Gasteiger partial charge in [-0.25, -0.2) is 13.4 Å². The molecule has 3 aromatic heterocycles. The minimum absolute atomic E-state index is 0.0548. The van der Waals surface area contributed by atoms with E-state index in [2.05, 4.69) is 15.1 Å². The fraction of sp³-hybridized carbons (Fsp3) is 0.429. The topological polar surface area (TPSA) is 132 Å². The predicted molar refractivity (Wildman–Crippen MR) is 151 cm³/mol. The third kappa shape index (κ3) is 5.51. The van der Waals surface area contributed by atoms with Gasteiger partial charge in [-0.05, 0) is 56.0 Å². The summed E-state index contributed by atoms with van der Waals surface area (Å²) in [5.74, 6) is 0.672. The van der Waals surface area contributed by atoms with Crippen LogP contribution in [0.3, 0.4) is 0 Å². The molecule has 1 aliphatic heterocycles. The van der Waals surface area contributed by atoms with Crippen LogP contribution in [0.4, 0.5) is 0 Å². The molecule has 1 fully saturated rings. The van der Waals surface area contributed by atoms with Gasteiger partial charge in [-0.3, -0.25) is 14.5 Å². The molecule has 0 radical (unpaired) electrons. The summed E-state index contributed by atoms with van der Waals surface area (Å²) in [4.78, 5) is 25.4. The Labute approximate surface area is 233 Å². The van der Waals surface area contributed by atoms with E-state index in [1.165, 1.54) is 10.4 Å². The van der Waals surface area contributed by atoms with Crippen molar-refractivity contribution in [2.75, 3.05) is 26.8 Å². The second-order valence-electron chi connectivity index (χ2n) is 9.74. The molecule has 0 amide bonds. The van der Waals surface area contributed by atoms with Gasteiger partial charge in [0.1, 0.15) is 17.1 Å². The summed E-state index contributed by atoms with van der Waals surface area (Å²) < 4.78 is 41.7. The standard InChI is InChI=1S/C28H34N6O5S/c1-4-16-39-24-10-9-21(40(36,37)33-14-11-20(38-3)12-15-33)17-22(24)27-30-25-23(5-2)34(32-26(25)28(35)31-27)18-19-8-6-7-13-29-19/h6-10,13,17,20H,4-5,11-12,14-16,18H2,1-3H3,(H,30,31,35). The molecular weight excluding hydrogens is 532 g/mol. The highest BCUT2D eigenvalue weighted by Gasteiger charge is 2.30. The van der Waals surface area contributed by atoms with Gasteiger partial charge in [-0.2, -0.15) is 9.40 Å². The van der Waals surface area contributed by atoms with E-state index in [-0.39, 0.29) is 22.3 Å². The summed E-state index contributed by atoms with van der Waals surface area (Å²) in [5, 5.41) is 4.54. The third-order valence-corrected chi connectivity index (χ3v) is 9.01. The van der Waals surface area contributed by atoms with Crippen molar-refractivity contribution in [1.82, 2.24) is 29.0 Å². The Kier molecular flexibility index (Phi) is 8.29. The van der Waals surface area contributed by atoms with Crippen molar-refractivity contribution >= 4 is 21.1 Å². The van der Waals surface area contributed by atoms with Crippen molar-refractivity contribution < 1.29 is 17.9 Å². The van der Waals surface area contributed by atoms with E-state index < -0.39 is 15.6 Å². The maximum atomic E-state index is 13.6. The van der Waals surface area contributed by atoms with Crippen molar-refractivity contribution in [3.8, 4) is 17.1 Å². The number of aryl methyl sites for hydroxylation is 1. The van der Waals surface area contributed by atoms with Crippen LogP contribution >= 0.6 is 0 Å². The Morgan fingerprint density at radius 2 is 1.90 bits per heavy atom. The number of hydrogen-bond donors (Lipinski definition) is 1. The maximum Gasteiger partial charge on any atom is 0.279 e. The van der Waals surface area contributed by atoms with Crippen molar-refractivity contribution in [1.29, 1.82) is 0 Å². The first-order valence-electron chi connectivity index (χ1n) is 13.6. The zero-order valence-corrected chi connectivity index (χ0v) is 23.8. The van der Waals surface area contributed by atoms with Crippen LogP contribution in [0.1, 0.15) is 44.5 Å². The van der Waals surface area contributed by atoms with E-state index in [4.69, 9.17) is 14.5 Å². The molecule has 0 aliphatic carbocycles. The quantitative estimate of drug-likeness (QED) is 0.309. The molecule has 12 heteroatoms. The average molecular weight is 567 g/mol. The zero-order chi connectivity index (χ0) is 28.3. The third-order valence-electron chi connectivity index (χ3n) is 7.11. The number of aromatic nitrogens is 5. The SMILES string of the molecule is CCCOc1ccc(S(=O)(=O)N2CCC(OC)CC2)cc1-c1nc2c(CC)n(Cc3ccccn3)nc2c(=O)[nH]1. The average Bonchev–Trinajstić information content (AvgIpc) is 3.33. The lowest BCUT2D eigenvalue weighted by Crippen LogP contribution is -2.40. The number of hydrogen-bond acceptors (Lipinski definition) is 8. The molecule has 4 aromatic rings. The summed E-state index contributed by atoms with van der Waals surface area (Å²) in [5.41, 5.74) is 2.27. The van der Waals surface area contributed by atoms with Crippen LogP contribution in [0, 0.1) is 0 Å². The molecule has 1 aromatic carbocycles. The molecule has 40 heavy (non-hydrogen) atoms. The van der Waals surface area contributed by atoms with Crippen molar-refractivity contribution in [2.45, 2.75) is 57.1 Å². The molecule has 0 atom stereocenters. The second-order valence-corrected chi connectivity index (χ2v) is 11.7. The number of nitrogens with one attached hydrogen (secondary N) is 1. The number of nitrogens with zero attached hydrogens (tertiary/aromatic N) is 5. The van der Waals surface area contributed by atoms with Gasteiger partial charge < -0.3 is 14.5 Å². The van der Waals surface area contributed by atoms with Gasteiger partial charge in [-0.1, -0.05) is 19.9 Å². The Bertz CT molecular complexity index is 1640. The fourth-order valence-corrected chi connectivity index (χ4v) is 6.46. The summed E-state index contributed by atoms with van der Waals surface area (Å²) in [6, 6.07) is 10.4. The highest BCUT2D eigenvalue weighted by atomic mass is 32.2. The first kappa shape index (κ1) is 27.9. The molecule has 5 rings (SSSR count). The number of fused-ring (bicyclic) bond motifs is 1. The van der Waals surface area contributed by atoms with Gasteiger partial charge >= 0.3 is 0 Å². The van der Waals surface area contributed by atoms with Gasteiger partial charge in [0.25, 0.3) is 5.56 Å². The van der Waals surface area contributed by atoms with Crippen LogP contribution in [0.2, 0.25) is 0 Å². The Morgan fingerprint density at radius 1 is 1.10 bits per heavy atom. The number of H-pyrrole nitrogens is 1. The van der Waals surface area contributed by atoms with Gasteiger partial charge in [0, 0.05) is 26.4 Å². The fourth-order valence-electron chi connectivity index (χ4n) is 4.97. The van der Waals surface area contributed by atoms with Crippen molar-refractivity contribution in [3.63, 3.8) is 0 Å². The number of rotatable bonds is 10. The van der Waals surface area contributed by atoms with E-state index in [9.17, 15) is 13.2 Å². The highest BCUT2D eigenvalue weighted by molar-refractivity contribution is 7.89. The van der Waals surface area contributed by atoms with E-state index in [0.717, 1.165) is 17.8 Å². The number of sulfonamides is 1. The van der Waals surface area contributed by atoms with E-state index in [1.807, 2.05) is 32.0 Å². The number of benzene rings is 1. The van der Waals surface area contributed by atoms with Crippen LogP contribution in [-0.2, 0) is 27.7 Å². The number of piperidine rings is 1. The maximum absolute atomic E-state index is 13.6. The Morgan fingerprint density at radius 3 is 2.58 bits per heavy atom. The molecule has 1 saturated heterocycles. The van der Waals surface area contributed by atoms with Gasteiger partial charge in [0.15, 0.2) is 5.52 Å². The summed E-state index contributed by atoms with van der Waals surface area (Å²) in [6.07, 6.45) is 4.38. The smallest absolute Gasteiger partial charge is 0.279 e. The normalized spacial score (nSPS) is 15.1. The van der Waals surface area contributed by atoms with Gasteiger partial charge in [0.2, 0.25) is 10.0 Å². The minimum atomic E-state index is -3.78. The highest BCUT2D eigenvalue weighted by Crippen LogP contribution is 2.33. The lowest BCUT2D eigenvalue weighted by Gasteiger charge is -2.30. The number of aromatic amines is 1. The largest absolute Gasteiger partial charge is 0.493 e. The van der Waals surface area contributed by atoms with Crippen LogP contribution < -0.4 is 10.3 Å². The Balaban J connectivity index is 1.59. The molecule has 11 nitrogen and oxygen atoms in total. The molecule has 0 saturated carbocycles. The van der Waals surface area contributed by atoms with E-state index in [0.29, 0.717) is 62.3 Å². The second kappa shape index (κ2) is 11.9. The number of ether oxygens (including phenoxy) is 2. The lowest BCUT2D eigenvalue weighted by molar-refractivity contribution is 0.0604. The summed E-state index contributed by atoms with van der Waals surface area (Å²) in [7, 11) is -2.13. The van der Waals surface area contributed by atoms with E-state index in [1.54, 1.807) is 30.1 Å². The van der Waals surface area contributed by atoms with Crippen LogP contribution in [-0.4, -0.2) is 70.4 Å². The summed E-state index contributed by atoms with van der Waals surface area (Å²) >= 11 is 0. The molecule has 1 aliphatic rings. The number of pyridine rings is 1. The molecule has 212 valence electrons. The van der Waals surface area contributed by atoms with Crippen LogP contribution in [0.25, 0.3) is 22.4 Å². The molecule has 0 unspecified atom stereocenters. The predicted octanol–water partition coefficient (Wildman–Crippen LogP) is 3.38. The van der Waals surface area contributed by atoms with Crippen molar-refractivity contribution in [2.24, 2.45) is 0 Å². The molecule has 0 bridgehead atoms. The van der Waals surface area contributed by atoms with Crippen LogP contribution in [0.5, 0.6) is 5.75 Å². The van der Waals surface area contributed by atoms with Crippen molar-refractivity contribution in [3.05, 3.63) is 64.3 Å². The molecule has 0 spiro atoms. The Hall–Kier alpha value is -3.61. The van der Waals surface area contributed by atoms with E-state index >= 15 is 0 Å². The zero-order valence-electron chi connectivity index (χ0n) is 23.0. The first-order valence-corrected chi connectivity index (χ1v) is 15.0. The molecular formula is C28H34N6O5S. The first-order chi connectivity index (χ1) is 19.3. The number of methoxy groups -OCH3 is 1. The van der Waals surface area contributed by atoms with Crippen LogP contribution in [0.15, 0.2) is 52.3 Å². The van der Waals surface area contributed by atoms with Gasteiger partial charge in [-0.15, -0.1) is 0 Å². The minimum Gasteiger partial charge on any atom is -0.493 e. The molecule has 1 N–H and O–H groups in total.